The maximum atomic E-state index is 13.0. The third-order valence-corrected chi connectivity index (χ3v) is 5.84. The van der Waals surface area contributed by atoms with E-state index in [-0.39, 0.29) is 25.5 Å². The lowest BCUT2D eigenvalue weighted by atomic mass is 10.2. The molecule has 1 atom stereocenters. The second-order valence-corrected chi connectivity index (χ2v) is 7.59. The van der Waals surface area contributed by atoms with Crippen molar-refractivity contribution in [3.05, 3.63) is 35.9 Å². The van der Waals surface area contributed by atoms with Gasteiger partial charge in [-0.2, -0.15) is 0 Å². The van der Waals surface area contributed by atoms with Gasteiger partial charge in [-0.1, -0.05) is 24.6 Å². The van der Waals surface area contributed by atoms with Gasteiger partial charge in [0.15, 0.2) is 0 Å². The van der Waals surface area contributed by atoms with Crippen molar-refractivity contribution in [1.29, 1.82) is 0 Å². The normalized spacial score (nSPS) is 12.6. The Hall–Kier alpha value is -1.69. The molecule has 140 valence electrons. The lowest BCUT2D eigenvalue weighted by Crippen LogP contribution is -2.36. The number of hydrogen-bond acceptors (Lipinski definition) is 5. The molecule has 1 unspecified atom stereocenters. The summed E-state index contributed by atoms with van der Waals surface area (Å²) >= 11 is 0. The molecule has 0 aromatic heterocycles. The van der Waals surface area contributed by atoms with Crippen LogP contribution in [0.2, 0.25) is 0 Å². The van der Waals surface area contributed by atoms with Crippen molar-refractivity contribution >= 4 is 19.5 Å². The van der Waals surface area contributed by atoms with Gasteiger partial charge in [-0.3, -0.25) is 14.2 Å². The van der Waals surface area contributed by atoms with E-state index in [1.807, 2.05) is 0 Å². The Labute approximate surface area is 148 Å². The van der Waals surface area contributed by atoms with Gasteiger partial charge in [0.25, 0.3) is 5.91 Å². The van der Waals surface area contributed by atoms with Gasteiger partial charge in [0.05, 0.1) is 13.2 Å². The van der Waals surface area contributed by atoms with E-state index < -0.39 is 19.3 Å². The van der Waals surface area contributed by atoms with Gasteiger partial charge in [0, 0.05) is 12.0 Å². The van der Waals surface area contributed by atoms with Gasteiger partial charge in [-0.15, -0.1) is 0 Å². The first-order chi connectivity index (χ1) is 11.9. The number of carbonyl (C=O) groups is 2. The molecule has 25 heavy (non-hydrogen) atoms. The second kappa shape index (κ2) is 11.0. The molecular weight excluding hydrogens is 345 g/mol. The third-order valence-electron chi connectivity index (χ3n) is 3.45. The van der Waals surface area contributed by atoms with Crippen LogP contribution in [0.5, 0.6) is 0 Å². The van der Waals surface area contributed by atoms with Crippen LogP contribution in [0.3, 0.4) is 0 Å². The van der Waals surface area contributed by atoms with Crippen molar-refractivity contribution in [2.45, 2.75) is 45.3 Å². The summed E-state index contributed by atoms with van der Waals surface area (Å²) in [4.78, 5) is 23.0. The van der Waals surface area contributed by atoms with E-state index in [1.54, 1.807) is 44.2 Å². The van der Waals surface area contributed by atoms with Gasteiger partial charge in [0.1, 0.15) is 5.78 Å². The number of unbranched alkanes of at least 4 members (excludes halogenated alkanes) is 1. The summed E-state index contributed by atoms with van der Waals surface area (Å²) in [5, 5.41) is 11.5. The van der Waals surface area contributed by atoms with Crippen LogP contribution in [0.25, 0.3) is 0 Å². The first-order valence-electron chi connectivity index (χ1n) is 8.39. The van der Waals surface area contributed by atoms with Crippen LogP contribution in [-0.2, 0) is 18.4 Å². The van der Waals surface area contributed by atoms with Crippen molar-refractivity contribution in [1.82, 2.24) is 5.32 Å². The van der Waals surface area contributed by atoms with Crippen molar-refractivity contribution in [2.24, 2.45) is 0 Å². The fraction of sp³-hybridized carbons (Fsp3) is 0.529. The van der Waals surface area contributed by atoms with E-state index in [2.05, 4.69) is 5.32 Å². The topological polar surface area (TPSA) is 102 Å². The molecule has 0 aliphatic heterocycles. The molecular formula is C17H26NO6P. The molecule has 0 fully saturated rings. The zero-order valence-electron chi connectivity index (χ0n) is 14.6. The van der Waals surface area contributed by atoms with E-state index in [4.69, 9.17) is 14.2 Å². The molecule has 1 aromatic carbocycles. The number of carboxylic acids is 1. The van der Waals surface area contributed by atoms with Gasteiger partial charge < -0.3 is 19.5 Å². The predicted molar refractivity (Wildman–Crippen MR) is 94.7 cm³/mol. The van der Waals surface area contributed by atoms with Crippen molar-refractivity contribution in [3.8, 4) is 0 Å². The Kier molecular flexibility index (Phi) is 9.42. The van der Waals surface area contributed by atoms with Crippen LogP contribution in [0.4, 0.5) is 0 Å². The highest BCUT2D eigenvalue weighted by atomic mass is 31.2. The summed E-state index contributed by atoms with van der Waals surface area (Å²) in [5.74, 6) is -2.08. The molecule has 0 spiro atoms. The van der Waals surface area contributed by atoms with Crippen molar-refractivity contribution < 1.29 is 28.3 Å². The monoisotopic (exact) mass is 371 g/mol. The third kappa shape index (κ3) is 7.38. The average molecular weight is 371 g/mol. The van der Waals surface area contributed by atoms with Crippen LogP contribution >= 0.6 is 7.60 Å². The average Bonchev–Trinajstić information content (AvgIpc) is 2.58. The molecule has 2 N–H and O–H groups in total. The summed E-state index contributed by atoms with van der Waals surface area (Å²) in [6.07, 6.45) is 1.23. The lowest BCUT2D eigenvalue weighted by molar-refractivity contribution is -0.137. The van der Waals surface area contributed by atoms with Gasteiger partial charge >= 0.3 is 13.6 Å². The largest absolute Gasteiger partial charge is 0.481 e. The van der Waals surface area contributed by atoms with E-state index in [0.29, 0.717) is 24.8 Å². The molecule has 0 saturated heterocycles. The molecule has 0 saturated carbocycles. The van der Waals surface area contributed by atoms with Crippen LogP contribution in [-0.4, -0.2) is 36.0 Å². The van der Waals surface area contributed by atoms with Crippen LogP contribution in [0, 0.1) is 0 Å². The Morgan fingerprint density at radius 2 is 1.72 bits per heavy atom. The summed E-state index contributed by atoms with van der Waals surface area (Å²) in [6, 6.07) is 8.58. The smallest absolute Gasteiger partial charge is 0.352 e. The molecule has 7 nitrogen and oxygen atoms in total. The lowest BCUT2D eigenvalue weighted by Gasteiger charge is -2.27. The van der Waals surface area contributed by atoms with Crippen molar-refractivity contribution in [3.63, 3.8) is 0 Å². The number of hydrogen-bond donors (Lipinski definition) is 2. The minimum absolute atomic E-state index is 0.0208. The number of carbonyl (C=O) groups excluding carboxylic acids is 1. The van der Waals surface area contributed by atoms with Gasteiger partial charge in [-0.05, 0) is 38.8 Å². The maximum Gasteiger partial charge on any atom is 0.352 e. The van der Waals surface area contributed by atoms with Crippen molar-refractivity contribution in [2.75, 3.05) is 13.2 Å². The number of benzene rings is 1. The summed E-state index contributed by atoms with van der Waals surface area (Å²) < 4.78 is 23.7. The highest BCUT2D eigenvalue weighted by molar-refractivity contribution is 7.54. The Morgan fingerprint density at radius 3 is 2.24 bits per heavy atom. The number of amides is 1. The maximum absolute atomic E-state index is 13.0. The molecule has 1 aromatic rings. The fourth-order valence-electron chi connectivity index (χ4n) is 2.32. The number of nitrogens with one attached hydrogen (secondary N) is 1. The summed E-state index contributed by atoms with van der Waals surface area (Å²) in [5.41, 5.74) is 0.442. The SMILES string of the molecule is CCOP(=O)(OCC)C(CCCCC(=O)O)NC(=O)c1ccccc1. The zero-order valence-corrected chi connectivity index (χ0v) is 15.5. The molecule has 0 bridgehead atoms. The quantitative estimate of drug-likeness (QED) is 0.429. The molecule has 1 amide bonds. The molecule has 0 heterocycles. The van der Waals surface area contributed by atoms with Gasteiger partial charge in [0.2, 0.25) is 0 Å². The summed E-state index contributed by atoms with van der Waals surface area (Å²) in [6.45, 7) is 3.77. The zero-order chi connectivity index (χ0) is 18.7. The molecule has 1 rings (SSSR count). The standard InChI is InChI=1S/C17H26NO6P/c1-3-23-25(22,24-4-2)15(12-8-9-13-16(19)20)18-17(21)14-10-6-5-7-11-14/h5-7,10-11,15H,3-4,8-9,12-13H2,1-2H3,(H,18,21)(H,19,20). The van der Waals surface area contributed by atoms with E-state index in [9.17, 15) is 14.2 Å². The summed E-state index contributed by atoms with van der Waals surface area (Å²) in [7, 11) is -3.55. The minimum atomic E-state index is -3.55. The highest BCUT2D eigenvalue weighted by Gasteiger charge is 2.36. The minimum Gasteiger partial charge on any atom is -0.481 e. The van der Waals surface area contributed by atoms with Gasteiger partial charge in [-0.25, -0.2) is 0 Å². The number of aliphatic carboxylic acids is 1. The van der Waals surface area contributed by atoms with Crippen LogP contribution in [0.1, 0.15) is 49.9 Å². The van der Waals surface area contributed by atoms with E-state index >= 15 is 0 Å². The second-order valence-electron chi connectivity index (χ2n) is 5.37. The molecule has 0 aliphatic rings. The van der Waals surface area contributed by atoms with E-state index in [0.717, 1.165) is 0 Å². The Bertz CT molecular complexity index is 582. The first-order valence-corrected chi connectivity index (χ1v) is 10.0. The molecule has 0 radical (unpaired) electrons. The first kappa shape index (κ1) is 21.4. The molecule has 8 heteroatoms. The van der Waals surface area contributed by atoms with Crippen LogP contribution < -0.4 is 5.32 Å². The number of carboxylic acid groups (broad SMARTS) is 1. The van der Waals surface area contributed by atoms with Crippen LogP contribution in [0.15, 0.2) is 30.3 Å². The fourth-order valence-corrected chi connectivity index (χ4v) is 4.25. The highest BCUT2D eigenvalue weighted by Crippen LogP contribution is 2.53. The molecule has 0 aliphatic carbocycles. The Balaban J connectivity index is 2.87. The predicted octanol–water partition coefficient (Wildman–Crippen LogP) is 3.65. The number of rotatable bonds is 12. The van der Waals surface area contributed by atoms with E-state index in [1.165, 1.54) is 0 Å². The Morgan fingerprint density at radius 1 is 1.12 bits per heavy atom.